The topological polar surface area (TPSA) is 0 Å². The molecule has 2 heteroatoms. The minimum atomic E-state index is 0. The molecule has 0 saturated carbocycles. The molecule has 0 aromatic heterocycles. The van der Waals surface area contributed by atoms with Crippen LogP contribution in [0.15, 0.2) is 24.3 Å². The quantitative estimate of drug-likeness (QED) is 0.561. The van der Waals surface area contributed by atoms with E-state index in [0.717, 1.165) is 0 Å². The Labute approximate surface area is 126 Å². The average Bonchev–Trinajstić information content (AvgIpc) is 2.70. The molecule has 1 aliphatic rings. The van der Waals surface area contributed by atoms with Crippen LogP contribution in [0.2, 0.25) is 0 Å². The largest absolute Gasteiger partial charge is 3.00 e. The molecular weight excluding hydrogens is 334 g/mol. The molecule has 1 aromatic rings. The molecule has 0 amide bonds. The number of benzene rings is 1. The van der Waals surface area contributed by atoms with Gasteiger partial charge in [-0.25, -0.2) is 0 Å². The molecule has 1 aliphatic heterocycles. The van der Waals surface area contributed by atoms with E-state index in [9.17, 15) is 0 Å². The molecule has 0 N–H and O–H groups in total. The summed E-state index contributed by atoms with van der Waals surface area (Å²) in [5.74, 6) is 4.27. The van der Waals surface area contributed by atoms with Gasteiger partial charge in [0.25, 0.3) is 0 Å². The molecule has 90 valence electrons. The predicted molar refractivity (Wildman–Crippen MR) is 80.9 cm³/mol. The number of hydrogen-bond donors (Lipinski definition) is 0. The first kappa shape index (κ1) is 15.4. The molecule has 1 heterocycles. The molecule has 0 spiro atoms. The second-order valence-corrected chi connectivity index (χ2v) is 8.15. The zero-order valence-corrected chi connectivity index (χ0v) is 14.6. The summed E-state index contributed by atoms with van der Waals surface area (Å²) in [6.45, 7) is 6.84. The van der Waals surface area contributed by atoms with Gasteiger partial charge in [0.1, 0.15) is 17.3 Å². The summed E-state index contributed by atoms with van der Waals surface area (Å²) in [6.07, 6.45) is 2.92. The molecule has 0 aliphatic carbocycles. The summed E-state index contributed by atoms with van der Waals surface area (Å²) in [5, 5.41) is 0. The zero-order valence-electron chi connectivity index (χ0n) is 11.2. The molecule has 2 radical (unpaired) electrons. The first-order chi connectivity index (χ1) is 7.55. The normalized spacial score (nSPS) is 16.9. The first-order valence-corrected chi connectivity index (χ1v) is 8.02. The van der Waals surface area contributed by atoms with Crippen molar-refractivity contribution in [2.45, 2.75) is 44.8 Å². The first-order valence-electron chi connectivity index (χ1n) is 6.29. The number of rotatable bonds is 2. The van der Waals surface area contributed by atoms with Crippen LogP contribution in [0.4, 0.5) is 0 Å². The van der Waals surface area contributed by atoms with Crippen molar-refractivity contribution in [3.8, 4) is 0 Å². The van der Waals surface area contributed by atoms with Crippen LogP contribution in [-0.4, -0.2) is 35.9 Å². The van der Waals surface area contributed by atoms with E-state index in [2.05, 4.69) is 45.0 Å². The Morgan fingerprint density at radius 3 is 2.00 bits per heavy atom. The van der Waals surface area contributed by atoms with Gasteiger partial charge < -0.3 is 0 Å². The molecule has 2 rings (SSSR count). The van der Waals surface area contributed by atoms with Crippen LogP contribution in [0.5, 0.6) is 0 Å². The molecule has 17 heavy (non-hydrogen) atoms. The third-order valence-electron chi connectivity index (χ3n) is 3.31. The van der Waals surface area contributed by atoms with Crippen LogP contribution in [0.25, 0.3) is 0 Å². The Balaban J connectivity index is 0.00000144. The summed E-state index contributed by atoms with van der Waals surface area (Å²) in [7, 11) is 0.694. The van der Waals surface area contributed by atoms with Gasteiger partial charge >= 0.3 is 24.4 Å². The maximum absolute atomic E-state index is 2.34. The molecule has 0 bridgehead atoms. The van der Waals surface area contributed by atoms with Gasteiger partial charge in [-0.15, -0.1) is 0 Å². The van der Waals surface area contributed by atoms with E-state index >= 15 is 0 Å². The molecule has 0 unspecified atom stereocenters. The van der Waals surface area contributed by atoms with Crippen LogP contribution in [0.1, 0.15) is 44.7 Å². The van der Waals surface area contributed by atoms with Crippen molar-refractivity contribution in [2.75, 3.05) is 11.5 Å². The van der Waals surface area contributed by atoms with Crippen molar-refractivity contribution in [3.63, 3.8) is 0 Å². The minimum Gasteiger partial charge on any atom is -0.0581 e. The molecule has 1 aromatic carbocycles. The van der Waals surface area contributed by atoms with Gasteiger partial charge in [-0.2, -0.15) is 0 Å². The van der Waals surface area contributed by atoms with Crippen LogP contribution in [-0.2, 0) is 22.1 Å². The molecule has 0 nitrogen and oxygen atoms in total. The van der Waals surface area contributed by atoms with Crippen LogP contribution in [0.3, 0.4) is 0 Å². The number of hydrogen-bond acceptors (Lipinski definition) is 0. The van der Waals surface area contributed by atoms with Crippen LogP contribution < -0.4 is 0 Å². The summed E-state index contributed by atoms with van der Waals surface area (Å²) in [5.41, 5.74) is 3.28. The standard InChI is InChI=1S/C15H23S.Sb/c1-15(2,3)14-8-6-13(7-9-14)12-16-10-4-5-11-16;/h6-9H,4-5,10-12H2,1-3H3;/q+1;+3. The van der Waals surface area contributed by atoms with Gasteiger partial charge in [-0.05, 0) is 34.7 Å². The van der Waals surface area contributed by atoms with Crippen molar-refractivity contribution in [3.05, 3.63) is 35.4 Å². The fourth-order valence-corrected chi connectivity index (χ4v) is 4.58. The van der Waals surface area contributed by atoms with Gasteiger partial charge in [-0.1, -0.05) is 45.0 Å². The fraction of sp³-hybridized carbons (Fsp3) is 0.600. The van der Waals surface area contributed by atoms with Crippen molar-refractivity contribution in [1.82, 2.24) is 0 Å². The van der Waals surface area contributed by atoms with Crippen LogP contribution >= 0.6 is 0 Å². The van der Waals surface area contributed by atoms with Gasteiger partial charge in [0.05, 0.1) is 0 Å². The SMILES string of the molecule is CC(C)(C)c1ccc(C[S+]2CCCC2)cc1.[Sb+3]. The monoisotopic (exact) mass is 356 g/mol. The van der Waals surface area contributed by atoms with Gasteiger partial charge in [-0.3, -0.25) is 0 Å². The molecule has 1 fully saturated rings. The Hall–Kier alpha value is 0.388. The third-order valence-corrected chi connectivity index (χ3v) is 5.78. The molecular formula is C15H23SSb+4. The second-order valence-electron chi connectivity index (χ2n) is 5.82. The van der Waals surface area contributed by atoms with Gasteiger partial charge in [0.15, 0.2) is 0 Å². The Morgan fingerprint density at radius 1 is 1.00 bits per heavy atom. The van der Waals surface area contributed by atoms with E-state index in [4.69, 9.17) is 0 Å². The zero-order chi connectivity index (χ0) is 11.6. The smallest absolute Gasteiger partial charge is 0.0581 e. The Morgan fingerprint density at radius 2 is 1.53 bits per heavy atom. The molecule has 1 saturated heterocycles. The summed E-state index contributed by atoms with van der Waals surface area (Å²) in [6, 6.07) is 9.31. The van der Waals surface area contributed by atoms with Crippen LogP contribution in [0, 0.1) is 0 Å². The van der Waals surface area contributed by atoms with E-state index in [1.54, 1.807) is 5.56 Å². The minimum absolute atomic E-state index is 0. The predicted octanol–water partition coefficient (Wildman–Crippen LogP) is 3.52. The van der Waals surface area contributed by atoms with Gasteiger partial charge in [0, 0.05) is 5.56 Å². The Kier molecular flexibility index (Phi) is 5.93. The van der Waals surface area contributed by atoms with E-state index in [1.165, 1.54) is 35.7 Å². The summed E-state index contributed by atoms with van der Waals surface area (Å²) < 4.78 is 0. The van der Waals surface area contributed by atoms with E-state index in [0.29, 0.717) is 10.9 Å². The van der Waals surface area contributed by atoms with Gasteiger partial charge in [0.2, 0.25) is 0 Å². The van der Waals surface area contributed by atoms with Crippen molar-refractivity contribution in [2.24, 2.45) is 0 Å². The maximum atomic E-state index is 2.34. The summed E-state index contributed by atoms with van der Waals surface area (Å²) >= 11 is 0. The van der Waals surface area contributed by atoms with Crippen molar-refractivity contribution in [1.29, 1.82) is 0 Å². The third kappa shape index (κ3) is 4.52. The average molecular weight is 357 g/mol. The summed E-state index contributed by atoms with van der Waals surface area (Å²) in [4.78, 5) is 0. The van der Waals surface area contributed by atoms with E-state index in [-0.39, 0.29) is 29.8 Å². The molecule has 0 atom stereocenters. The van der Waals surface area contributed by atoms with E-state index in [1.807, 2.05) is 0 Å². The van der Waals surface area contributed by atoms with Crippen molar-refractivity contribution < 1.29 is 0 Å². The Bertz CT molecular complexity index is 331. The van der Waals surface area contributed by atoms with E-state index < -0.39 is 0 Å². The second kappa shape index (κ2) is 6.52. The fourth-order valence-electron chi connectivity index (χ4n) is 2.20. The van der Waals surface area contributed by atoms with Crippen molar-refractivity contribution >= 4 is 35.3 Å². The maximum Gasteiger partial charge on any atom is 3.00 e.